The molecule has 0 aromatic heterocycles. The highest BCUT2D eigenvalue weighted by atomic mass is 16.3. The van der Waals surface area contributed by atoms with Crippen molar-refractivity contribution >= 4 is 0 Å². The Bertz CT molecular complexity index is 296. The zero-order valence-electron chi connectivity index (χ0n) is 8.96. The van der Waals surface area contributed by atoms with Crippen LogP contribution in [0.2, 0.25) is 0 Å². The van der Waals surface area contributed by atoms with E-state index in [1.165, 1.54) is 11.1 Å². The van der Waals surface area contributed by atoms with Crippen LogP contribution in [0.3, 0.4) is 0 Å². The predicted molar refractivity (Wildman–Crippen MR) is 59.2 cm³/mol. The van der Waals surface area contributed by atoms with Crippen molar-refractivity contribution in [2.45, 2.75) is 32.8 Å². The molecule has 2 heteroatoms. The average molecular weight is 193 g/mol. The third-order valence-corrected chi connectivity index (χ3v) is 2.58. The van der Waals surface area contributed by atoms with Crippen molar-refractivity contribution in [1.82, 2.24) is 0 Å². The highest BCUT2D eigenvalue weighted by molar-refractivity contribution is 5.34. The first-order valence-electron chi connectivity index (χ1n) is 5.22. The van der Waals surface area contributed by atoms with Gasteiger partial charge in [0.1, 0.15) is 0 Å². The molecule has 0 fully saturated rings. The third kappa shape index (κ3) is 2.34. The first-order valence-corrected chi connectivity index (χ1v) is 5.22. The Labute approximate surface area is 85.8 Å². The van der Waals surface area contributed by atoms with E-state index in [2.05, 4.69) is 32.0 Å². The summed E-state index contributed by atoms with van der Waals surface area (Å²) in [6.45, 7) is 4.49. The molecular weight excluding hydrogens is 174 g/mol. The predicted octanol–water partition coefficient (Wildman–Crippen LogP) is 1.80. The molecule has 3 N–H and O–H groups in total. The summed E-state index contributed by atoms with van der Waals surface area (Å²) in [4.78, 5) is 0. The van der Waals surface area contributed by atoms with Gasteiger partial charge >= 0.3 is 0 Å². The van der Waals surface area contributed by atoms with Crippen molar-refractivity contribution in [2.24, 2.45) is 5.73 Å². The summed E-state index contributed by atoms with van der Waals surface area (Å²) in [6, 6.07) is 6.27. The Balaban J connectivity index is 3.08. The Morgan fingerprint density at radius 3 is 2.50 bits per heavy atom. The summed E-state index contributed by atoms with van der Waals surface area (Å²) in [6.07, 6.45) is 1.42. The summed E-state index contributed by atoms with van der Waals surface area (Å²) in [7, 11) is 0. The topological polar surface area (TPSA) is 46.2 Å². The zero-order valence-corrected chi connectivity index (χ0v) is 8.96. The molecule has 1 aromatic rings. The van der Waals surface area contributed by atoms with Crippen LogP contribution in [0.5, 0.6) is 0 Å². The highest BCUT2D eigenvalue weighted by Crippen LogP contribution is 2.20. The van der Waals surface area contributed by atoms with Gasteiger partial charge in [-0.05, 0) is 29.5 Å². The normalized spacial score (nSPS) is 12.9. The van der Waals surface area contributed by atoms with Crippen molar-refractivity contribution in [3.63, 3.8) is 0 Å². The molecular formula is C12H19NO. The first kappa shape index (κ1) is 11.2. The van der Waals surface area contributed by atoms with Crippen molar-refractivity contribution in [2.75, 3.05) is 6.54 Å². The third-order valence-electron chi connectivity index (χ3n) is 2.58. The fourth-order valence-corrected chi connectivity index (χ4v) is 1.62. The minimum Gasteiger partial charge on any atom is -0.387 e. The Morgan fingerprint density at radius 1 is 1.29 bits per heavy atom. The maximum Gasteiger partial charge on any atom is 0.0914 e. The van der Waals surface area contributed by atoms with E-state index in [1.54, 1.807) is 0 Å². The van der Waals surface area contributed by atoms with Crippen LogP contribution in [0.15, 0.2) is 18.2 Å². The van der Waals surface area contributed by atoms with Gasteiger partial charge in [0.15, 0.2) is 0 Å². The minimum atomic E-state index is -0.517. The molecule has 0 aliphatic heterocycles. The van der Waals surface area contributed by atoms with E-state index < -0.39 is 6.10 Å². The second-order valence-corrected chi connectivity index (χ2v) is 3.49. The maximum absolute atomic E-state index is 9.74. The quantitative estimate of drug-likeness (QED) is 0.766. The van der Waals surface area contributed by atoms with Gasteiger partial charge < -0.3 is 10.8 Å². The Morgan fingerprint density at radius 2 is 2.00 bits per heavy atom. The second kappa shape index (κ2) is 5.13. The molecule has 1 rings (SSSR count). The van der Waals surface area contributed by atoms with Crippen LogP contribution in [0, 0.1) is 0 Å². The number of aliphatic hydroxyl groups excluding tert-OH is 1. The monoisotopic (exact) mass is 193 g/mol. The summed E-state index contributed by atoms with van der Waals surface area (Å²) >= 11 is 0. The lowest BCUT2D eigenvalue weighted by Crippen LogP contribution is -2.13. The molecule has 1 unspecified atom stereocenters. The van der Waals surface area contributed by atoms with Gasteiger partial charge in [-0.1, -0.05) is 32.0 Å². The van der Waals surface area contributed by atoms with Gasteiger partial charge in [0.2, 0.25) is 0 Å². The second-order valence-electron chi connectivity index (χ2n) is 3.49. The number of benzene rings is 1. The maximum atomic E-state index is 9.74. The number of nitrogens with two attached hydrogens (primary N) is 1. The lowest BCUT2D eigenvalue weighted by molar-refractivity contribution is 0.185. The smallest absolute Gasteiger partial charge is 0.0914 e. The Hall–Kier alpha value is -0.860. The molecule has 0 amide bonds. The SMILES string of the molecule is CCc1ccc(CC)c(C(O)CN)c1. The summed E-state index contributed by atoms with van der Waals surface area (Å²) in [5.74, 6) is 0. The van der Waals surface area contributed by atoms with E-state index >= 15 is 0 Å². The minimum absolute atomic E-state index is 0.292. The molecule has 1 atom stereocenters. The van der Waals surface area contributed by atoms with Gasteiger partial charge in [0.05, 0.1) is 6.10 Å². The van der Waals surface area contributed by atoms with E-state index in [-0.39, 0.29) is 0 Å². The van der Waals surface area contributed by atoms with Gasteiger partial charge in [-0.2, -0.15) is 0 Å². The largest absolute Gasteiger partial charge is 0.387 e. The van der Waals surface area contributed by atoms with Crippen LogP contribution in [0.4, 0.5) is 0 Å². The van der Waals surface area contributed by atoms with Crippen LogP contribution < -0.4 is 5.73 Å². The average Bonchev–Trinajstić information content (AvgIpc) is 2.27. The lowest BCUT2D eigenvalue weighted by Gasteiger charge is -2.14. The fraction of sp³-hybridized carbons (Fsp3) is 0.500. The highest BCUT2D eigenvalue weighted by Gasteiger charge is 2.09. The van der Waals surface area contributed by atoms with Crippen molar-refractivity contribution < 1.29 is 5.11 Å². The van der Waals surface area contributed by atoms with Gasteiger partial charge in [0, 0.05) is 6.54 Å². The van der Waals surface area contributed by atoms with Crippen LogP contribution in [-0.4, -0.2) is 11.7 Å². The Kier molecular flexibility index (Phi) is 4.11. The van der Waals surface area contributed by atoms with Crippen molar-refractivity contribution in [1.29, 1.82) is 0 Å². The van der Waals surface area contributed by atoms with Crippen molar-refractivity contribution in [3.05, 3.63) is 34.9 Å². The molecule has 0 heterocycles. The molecule has 0 aliphatic rings. The molecule has 0 radical (unpaired) electrons. The van der Waals surface area contributed by atoms with E-state index in [1.807, 2.05) is 0 Å². The molecule has 0 saturated heterocycles. The van der Waals surface area contributed by atoms with Gasteiger partial charge in [0.25, 0.3) is 0 Å². The van der Waals surface area contributed by atoms with Crippen LogP contribution in [-0.2, 0) is 12.8 Å². The fourth-order valence-electron chi connectivity index (χ4n) is 1.62. The number of hydrogen-bond acceptors (Lipinski definition) is 2. The van der Waals surface area contributed by atoms with Gasteiger partial charge in [-0.3, -0.25) is 0 Å². The van der Waals surface area contributed by atoms with Gasteiger partial charge in [-0.15, -0.1) is 0 Å². The molecule has 1 aromatic carbocycles. The number of hydrogen-bond donors (Lipinski definition) is 2. The number of aliphatic hydroxyl groups is 1. The molecule has 0 saturated carbocycles. The van der Waals surface area contributed by atoms with Crippen LogP contribution in [0.1, 0.15) is 36.6 Å². The van der Waals surface area contributed by atoms with E-state index in [4.69, 9.17) is 5.73 Å². The summed E-state index contributed by atoms with van der Waals surface area (Å²) < 4.78 is 0. The molecule has 14 heavy (non-hydrogen) atoms. The standard InChI is InChI=1S/C12H19NO/c1-3-9-5-6-10(4-2)11(7-9)12(14)8-13/h5-7,12,14H,3-4,8,13H2,1-2H3. The van der Waals surface area contributed by atoms with E-state index in [0.29, 0.717) is 6.54 Å². The van der Waals surface area contributed by atoms with E-state index in [9.17, 15) is 5.11 Å². The van der Waals surface area contributed by atoms with Crippen LogP contribution >= 0.6 is 0 Å². The molecule has 0 spiro atoms. The molecule has 2 nitrogen and oxygen atoms in total. The summed E-state index contributed by atoms with van der Waals surface area (Å²) in [5, 5.41) is 9.74. The van der Waals surface area contributed by atoms with Crippen molar-refractivity contribution in [3.8, 4) is 0 Å². The number of rotatable bonds is 4. The molecule has 78 valence electrons. The van der Waals surface area contributed by atoms with Crippen LogP contribution in [0.25, 0.3) is 0 Å². The van der Waals surface area contributed by atoms with E-state index in [0.717, 1.165) is 18.4 Å². The molecule has 0 bridgehead atoms. The van der Waals surface area contributed by atoms with Gasteiger partial charge in [-0.25, -0.2) is 0 Å². The first-order chi connectivity index (χ1) is 6.72. The zero-order chi connectivity index (χ0) is 10.6. The summed E-state index contributed by atoms with van der Waals surface area (Å²) in [5.41, 5.74) is 8.91. The number of aryl methyl sites for hydroxylation is 2. The lowest BCUT2D eigenvalue weighted by atomic mass is 9.97. The molecule has 0 aliphatic carbocycles.